The van der Waals surface area contributed by atoms with Gasteiger partial charge in [-0.25, -0.2) is 0 Å². The van der Waals surface area contributed by atoms with Gasteiger partial charge < -0.3 is 10.6 Å². The minimum atomic E-state index is 0.732. The van der Waals surface area contributed by atoms with Crippen LogP contribution in [0.1, 0.15) is 26.7 Å². The fourth-order valence-corrected chi connectivity index (χ4v) is 2.90. The zero-order valence-corrected chi connectivity index (χ0v) is 11.4. The van der Waals surface area contributed by atoms with Gasteiger partial charge in [0.05, 0.1) is 10.7 Å². The van der Waals surface area contributed by atoms with Crippen LogP contribution in [0, 0.1) is 11.8 Å². The summed E-state index contributed by atoms with van der Waals surface area (Å²) in [6.07, 6.45) is 2.52. The van der Waals surface area contributed by atoms with Crippen molar-refractivity contribution >= 4 is 23.0 Å². The molecule has 0 atom stereocenters. The molecule has 1 saturated heterocycles. The van der Waals surface area contributed by atoms with E-state index in [1.165, 1.54) is 12.8 Å². The van der Waals surface area contributed by atoms with E-state index in [1.807, 2.05) is 18.2 Å². The van der Waals surface area contributed by atoms with E-state index in [2.05, 4.69) is 18.7 Å². The average Bonchev–Trinajstić information content (AvgIpc) is 2.29. The van der Waals surface area contributed by atoms with Gasteiger partial charge in [-0.3, -0.25) is 0 Å². The van der Waals surface area contributed by atoms with E-state index in [9.17, 15) is 0 Å². The molecule has 0 unspecified atom stereocenters. The molecule has 17 heavy (non-hydrogen) atoms. The number of hydrogen-bond donors (Lipinski definition) is 1. The minimum Gasteiger partial charge on any atom is -0.399 e. The highest BCUT2D eigenvalue weighted by Gasteiger charge is 2.22. The molecule has 1 heterocycles. The molecule has 94 valence electrons. The van der Waals surface area contributed by atoms with Crippen molar-refractivity contribution in [2.75, 3.05) is 23.7 Å². The van der Waals surface area contributed by atoms with Crippen molar-refractivity contribution in [3.8, 4) is 0 Å². The van der Waals surface area contributed by atoms with E-state index in [-0.39, 0.29) is 0 Å². The predicted molar refractivity (Wildman–Crippen MR) is 75.6 cm³/mol. The average molecular weight is 253 g/mol. The van der Waals surface area contributed by atoms with Crippen molar-refractivity contribution in [2.45, 2.75) is 26.7 Å². The molecular formula is C14H21ClN2. The van der Waals surface area contributed by atoms with Crippen molar-refractivity contribution in [1.82, 2.24) is 0 Å². The highest BCUT2D eigenvalue weighted by Crippen LogP contribution is 2.32. The van der Waals surface area contributed by atoms with Crippen molar-refractivity contribution in [3.05, 3.63) is 23.2 Å². The van der Waals surface area contributed by atoms with E-state index in [0.29, 0.717) is 0 Å². The lowest BCUT2D eigenvalue weighted by Gasteiger charge is -2.35. The van der Waals surface area contributed by atoms with Gasteiger partial charge in [-0.05, 0) is 42.9 Å². The Morgan fingerprint density at radius 3 is 2.47 bits per heavy atom. The van der Waals surface area contributed by atoms with Gasteiger partial charge in [0.1, 0.15) is 0 Å². The first kappa shape index (κ1) is 12.6. The molecule has 0 amide bonds. The summed E-state index contributed by atoms with van der Waals surface area (Å²) < 4.78 is 0. The van der Waals surface area contributed by atoms with E-state index >= 15 is 0 Å². The molecule has 3 heteroatoms. The smallest absolute Gasteiger partial charge is 0.0660 e. The number of nitrogens with zero attached hydrogens (tertiary/aromatic N) is 1. The second-order valence-electron chi connectivity index (χ2n) is 5.28. The quantitative estimate of drug-likeness (QED) is 0.812. The lowest BCUT2D eigenvalue weighted by molar-refractivity contribution is 0.311. The molecule has 0 spiro atoms. The molecule has 0 aliphatic carbocycles. The van der Waals surface area contributed by atoms with E-state index in [4.69, 9.17) is 17.3 Å². The lowest BCUT2D eigenvalue weighted by Crippen LogP contribution is -2.35. The molecule has 0 saturated carbocycles. The first-order valence-corrected chi connectivity index (χ1v) is 6.75. The summed E-state index contributed by atoms with van der Waals surface area (Å²) in [4.78, 5) is 2.38. The topological polar surface area (TPSA) is 29.3 Å². The fourth-order valence-electron chi connectivity index (χ4n) is 2.59. The van der Waals surface area contributed by atoms with Crippen molar-refractivity contribution in [2.24, 2.45) is 11.8 Å². The largest absolute Gasteiger partial charge is 0.399 e. The second-order valence-corrected chi connectivity index (χ2v) is 5.69. The third-order valence-electron chi connectivity index (χ3n) is 3.79. The van der Waals surface area contributed by atoms with Crippen LogP contribution in [0.4, 0.5) is 11.4 Å². The number of halogens is 1. The van der Waals surface area contributed by atoms with E-state index < -0.39 is 0 Å². The minimum absolute atomic E-state index is 0.732. The number of nitrogen functional groups attached to an aromatic ring is 1. The third kappa shape index (κ3) is 2.86. The van der Waals surface area contributed by atoms with Gasteiger partial charge in [-0.2, -0.15) is 0 Å². The molecule has 2 rings (SSSR count). The summed E-state index contributed by atoms with van der Waals surface area (Å²) in [7, 11) is 0. The number of piperidine rings is 1. The van der Waals surface area contributed by atoms with Gasteiger partial charge in [0, 0.05) is 18.8 Å². The summed E-state index contributed by atoms with van der Waals surface area (Å²) in [5.74, 6) is 1.65. The maximum atomic E-state index is 6.24. The molecule has 1 aliphatic rings. The highest BCUT2D eigenvalue weighted by atomic mass is 35.5. The predicted octanol–water partition coefficient (Wildman–Crippen LogP) is 3.79. The van der Waals surface area contributed by atoms with Crippen molar-refractivity contribution in [3.63, 3.8) is 0 Å². The molecular weight excluding hydrogens is 232 g/mol. The number of benzene rings is 1. The molecule has 0 aromatic heterocycles. The van der Waals surface area contributed by atoms with Crippen LogP contribution in [-0.4, -0.2) is 13.1 Å². The lowest BCUT2D eigenvalue weighted by atomic mass is 9.86. The van der Waals surface area contributed by atoms with Crippen LogP contribution >= 0.6 is 11.6 Å². The Labute approximate surface area is 109 Å². The van der Waals surface area contributed by atoms with Crippen LogP contribution in [0.3, 0.4) is 0 Å². The number of hydrogen-bond acceptors (Lipinski definition) is 2. The van der Waals surface area contributed by atoms with Crippen molar-refractivity contribution in [1.29, 1.82) is 0 Å². The van der Waals surface area contributed by atoms with Gasteiger partial charge in [0.25, 0.3) is 0 Å². The molecule has 1 aliphatic heterocycles. The Hall–Kier alpha value is -0.890. The number of anilines is 2. The van der Waals surface area contributed by atoms with Gasteiger partial charge >= 0.3 is 0 Å². The summed E-state index contributed by atoms with van der Waals surface area (Å²) >= 11 is 6.24. The zero-order chi connectivity index (χ0) is 12.4. The van der Waals surface area contributed by atoms with Crippen LogP contribution in [0.15, 0.2) is 18.2 Å². The molecule has 0 bridgehead atoms. The number of nitrogens with two attached hydrogens (primary N) is 1. The van der Waals surface area contributed by atoms with Crippen LogP contribution in [0.2, 0.25) is 5.02 Å². The Kier molecular flexibility index (Phi) is 3.82. The van der Waals surface area contributed by atoms with Crippen LogP contribution < -0.4 is 10.6 Å². The molecule has 1 fully saturated rings. The summed E-state index contributed by atoms with van der Waals surface area (Å²) in [5.41, 5.74) is 7.58. The van der Waals surface area contributed by atoms with Gasteiger partial charge in [-0.15, -0.1) is 0 Å². The van der Waals surface area contributed by atoms with Crippen LogP contribution in [0.25, 0.3) is 0 Å². The molecule has 0 radical (unpaired) electrons. The summed E-state index contributed by atoms with van der Waals surface area (Å²) in [6.45, 7) is 6.84. The zero-order valence-electron chi connectivity index (χ0n) is 10.6. The molecule has 2 N–H and O–H groups in total. The summed E-state index contributed by atoms with van der Waals surface area (Å²) in [5, 5.41) is 0.771. The maximum absolute atomic E-state index is 6.24. The number of rotatable bonds is 2. The second kappa shape index (κ2) is 5.18. The fraction of sp³-hybridized carbons (Fsp3) is 0.571. The van der Waals surface area contributed by atoms with Gasteiger partial charge in [-0.1, -0.05) is 25.4 Å². The molecule has 2 nitrogen and oxygen atoms in total. The standard InChI is InChI=1S/C14H21ClN2/c1-10(2)11-5-7-17(8-6-11)14-4-3-12(16)9-13(14)15/h3-4,9-11H,5-8,16H2,1-2H3. The first-order chi connectivity index (χ1) is 8.08. The van der Waals surface area contributed by atoms with Crippen molar-refractivity contribution < 1.29 is 0 Å². The Balaban J connectivity index is 2.05. The van der Waals surface area contributed by atoms with E-state index in [0.717, 1.165) is 41.3 Å². The molecule has 1 aromatic carbocycles. The Morgan fingerprint density at radius 2 is 1.94 bits per heavy atom. The highest BCUT2D eigenvalue weighted by molar-refractivity contribution is 6.33. The maximum Gasteiger partial charge on any atom is 0.0660 e. The van der Waals surface area contributed by atoms with Crippen LogP contribution in [-0.2, 0) is 0 Å². The SMILES string of the molecule is CC(C)C1CCN(c2ccc(N)cc2Cl)CC1. The summed E-state index contributed by atoms with van der Waals surface area (Å²) in [6, 6.07) is 5.80. The third-order valence-corrected chi connectivity index (χ3v) is 4.10. The normalized spacial score (nSPS) is 17.8. The van der Waals surface area contributed by atoms with Gasteiger partial charge in [0.15, 0.2) is 0 Å². The van der Waals surface area contributed by atoms with Crippen LogP contribution in [0.5, 0.6) is 0 Å². The first-order valence-electron chi connectivity index (χ1n) is 6.38. The molecule has 1 aromatic rings. The van der Waals surface area contributed by atoms with Gasteiger partial charge in [0.2, 0.25) is 0 Å². The Morgan fingerprint density at radius 1 is 1.29 bits per heavy atom. The van der Waals surface area contributed by atoms with E-state index in [1.54, 1.807) is 0 Å². The monoisotopic (exact) mass is 252 g/mol. The Bertz CT molecular complexity index is 382.